The molecule has 1 atom stereocenters. The second-order valence-electron chi connectivity index (χ2n) is 6.32. The van der Waals surface area contributed by atoms with Crippen molar-refractivity contribution in [1.82, 2.24) is 14.5 Å². The number of aryl methyl sites for hydroxylation is 1. The van der Waals surface area contributed by atoms with Gasteiger partial charge in [0.1, 0.15) is 0 Å². The van der Waals surface area contributed by atoms with Crippen LogP contribution in [-0.4, -0.2) is 39.2 Å². The summed E-state index contributed by atoms with van der Waals surface area (Å²) in [6.07, 6.45) is 2.74. The van der Waals surface area contributed by atoms with E-state index in [9.17, 15) is 4.79 Å². The van der Waals surface area contributed by atoms with E-state index in [-0.39, 0.29) is 5.91 Å². The second-order valence-corrected chi connectivity index (χ2v) is 7.26. The van der Waals surface area contributed by atoms with Gasteiger partial charge in [-0.3, -0.25) is 4.79 Å². The molecule has 2 aromatic rings. The van der Waals surface area contributed by atoms with Crippen molar-refractivity contribution in [3.63, 3.8) is 0 Å². The van der Waals surface area contributed by atoms with Crippen LogP contribution in [-0.2, 0) is 11.3 Å². The van der Waals surface area contributed by atoms with E-state index in [0.717, 1.165) is 35.7 Å². The zero-order chi connectivity index (χ0) is 16.9. The number of hydrogen-bond donors (Lipinski definition) is 0. The third kappa shape index (κ3) is 3.73. The summed E-state index contributed by atoms with van der Waals surface area (Å²) in [4.78, 5) is 19.1. The molecule has 0 aliphatic carbocycles. The van der Waals surface area contributed by atoms with Crippen LogP contribution in [0, 0.1) is 17.2 Å². The Morgan fingerprint density at radius 2 is 2.29 bits per heavy atom. The average molecular weight is 342 g/mol. The Morgan fingerprint density at radius 1 is 1.46 bits per heavy atom. The third-order valence-corrected chi connectivity index (χ3v) is 5.36. The third-order valence-electron chi connectivity index (χ3n) is 4.40. The molecule has 0 radical (unpaired) electrons. The number of piperidine rings is 1. The summed E-state index contributed by atoms with van der Waals surface area (Å²) >= 11 is 1.48. The average Bonchev–Trinajstić information content (AvgIpc) is 2.95. The van der Waals surface area contributed by atoms with Gasteiger partial charge in [-0.15, -0.1) is 0 Å². The smallest absolute Gasteiger partial charge is 0.233 e. The van der Waals surface area contributed by atoms with Gasteiger partial charge in [0.25, 0.3) is 0 Å². The van der Waals surface area contributed by atoms with Crippen LogP contribution in [0.4, 0.5) is 0 Å². The fraction of sp³-hybridized carbons (Fsp3) is 0.500. The quantitative estimate of drug-likeness (QED) is 0.782. The summed E-state index contributed by atoms with van der Waals surface area (Å²) in [5, 5.41) is 9.71. The van der Waals surface area contributed by atoms with E-state index >= 15 is 0 Å². The number of amides is 1. The first-order valence-electron chi connectivity index (χ1n) is 8.42. The monoisotopic (exact) mass is 342 g/mol. The number of nitriles is 1. The molecule has 1 aliphatic rings. The van der Waals surface area contributed by atoms with Crippen molar-refractivity contribution in [1.29, 1.82) is 5.26 Å². The molecule has 1 fully saturated rings. The van der Waals surface area contributed by atoms with Crippen molar-refractivity contribution in [2.45, 2.75) is 37.9 Å². The molecule has 1 amide bonds. The summed E-state index contributed by atoms with van der Waals surface area (Å²) in [6.45, 7) is 4.54. The van der Waals surface area contributed by atoms with E-state index in [1.807, 2.05) is 29.2 Å². The topological polar surface area (TPSA) is 61.9 Å². The maximum absolute atomic E-state index is 12.5. The Kier molecular flexibility index (Phi) is 5.41. The van der Waals surface area contributed by atoms with E-state index in [2.05, 4.69) is 22.5 Å². The summed E-state index contributed by atoms with van der Waals surface area (Å²) < 4.78 is 2.05. The van der Waals surface area contributed by atoms with Gasteiger partial charge in [-0.1, -0.05) is 30.8 Å². The molecule has 5 nitrogen and oxygen atoms in total. The Morgan fingerprint density at radius 3 is 3.08 bits per heavy atom. The number of likely N-dealkylation sites (tertiary alicyclic amines) is 1. The van der Waals surface area contributed by atoms with Gasteiger partial charge in [0.2, 0.25) is 5.91 Å². The molecule has 6 heteroatoms. The minimum atomic E-state index is 0.186. The van der Waals surface area contributed by atoms with Crippen LogP contribution in [0.25, 0.3) is 11.0 Å². The zero-order valence-corrected chi connectivity index (χ0v) is 14.8. The van der Waals surface area contributed by atoms with Gasteiger partial charge >= 0.3 is 0 Å². The summed E-state index contributed by atoms with van der Waals surface area (Å²) in [5.74, 6) is 1.18. The number of rotatable bonds is 5. The van der Waals surface area contributed by atoms with Gasteiger partial charge in [0.15, 0.2) is 5.16 Å². The lowest BCUT2D eigenvalue weighted by Crippen LogP contribution is -2.40. The number of nitrogens with zero attached hydrogens (tertiary/aromatic N) is 4. The minimum Gasteiger partial charge on any atom is -0.342 e. The number of imidazole rings is 1. The normalized spacial score (nSPS) is 17.8. The van der Waals surface area contributed by atoms with Crippen LogP contribution in [0.3, 0.4) is 0 Å². The molecule has 1 aliphatic heterocycles. The van der Waals surface area contributed by atoms with Crippen LogP contribution < -0.4 is 0 Å². The number of aromatic nitrogens is 2. The molecule has 0 bridgehead atoms. The van der Waals surface area contributed by atoms with Crippen molar-refractivity contribution in [3.8, 4) is 6.07 Å². The van der Waals surface area contributed by atoms with E-state index in [4.69, 9.17) is 5.26 Å². The molecule has 0 spiro atoms. The highest BCUT2D eigenvalue weighted by atomic mass is 32.2. The minimum absolute atomic E-state index is 0.186. The lowest BCUT2D eigenvalue weighted by Gasteiger charge is -2.30. The number of hydrogen-bond acceptors (Lipinski definition) is 4. The largest absolute Gasteiger partial charge is 0.342 e. The van der Waals surface area contributed by atoms with Crippen molar-refractivity contribution in [3.05, 3.63) is 24.3 Å². The first-order valence-corrected chi connectivity index (χ1v) is 9.40. The highest BCUT2D eigenvalue weighted by Gasteiger charge is 2.21. The standard InChI is InChI=1S/C18H22N4OS/c1-14-6-4-10-21(12-14)17(23)13-24-18-20-15-7-2-3-8-16(15)22(18)11-5-9-19/h2-3,7-8,14H,4-6,10-13H2,1H3. The predicted molar refractivity (Wildman–Crippen MR) is 95.7 cm³/mol. The molecule has 0 saturated carbocycles. The maximum atomic E-state index is 12.5. The predicted octanol–water partition coefficient (Wildman–Crippen LogP) is 3.30. The molecule has 1 unspecified atom stereocenters. The lowest BCUT2D eigenvalue weighted by atomic mass is 10.0. The van der Waals surface area contributed by atoms with Crippen molar-refractivity contribution in [2.24, 2.45) is 5.92 Å². The molecule has 24 heavy (non-hydrogen) atoms. The molecule has 1 aromatic carbocycles. The van der Waals surface area contributed by atoms with Gasteiger partial charge in [0.05, 0.1) is 29.3 Å². The van der Waals surface area contributed by atoms with Crippen molar-refractivity contribution >= 4 is 28.7 Å². The van der Waals surface area contributed by atoms with Gasteiger partial charge in [-0.2, -0.15) is 5.26 Å². The molecule has 3 rings (SSSR count). The van der Waals surface area contributed by atoms with E-state index < -0.39 is 0 Å². The molecule has 1 saturated heterocycles. The highest BCUT2D eigenvalue weighted by Crippen LogP contribution is 2.25. The van der Waals surface area contributed by atoms with Crippen LogP contribution in [0.1, 0.15) is 26.2 Å². The van der Waals surface area contributed by atoms with Crippen molar-refractivity contribution < 1.29 is 4.79 Å². The van der Waals surface area contributed by atoms with Gasteiger partial charge in [-0.25, -0.2) is 4.98 Å². The number of thioether (sulfide) groups is 1. The summed E-state index contributed by atoms with van der Waals surface area (Å²) in [6, 6.07) is 10.1. The number of carbonyl (C=O) groups is 1. The highest BCUT2D eigenvalue weighted by molar-refractivity contribution is 7.99. The molecule has 126 valence electrons. The van der Waals surface area contributed by atoms with Crippen molar-refractivity contribution in [2.75, 3.05) is 18.8 Å². The molecule has 2 heterocycles. The van der Waals surface area contributed by atoms with Crippen LogP contribution in [0.5, 0.6) is 0 Å². The number of fused-ring (bicyclic) bond motifs is 1. The summed E-state index contributed by atoms with van der Waals surface area (Å²) in [5.41, 5.74) is 1.94. The van der Waals surface area contributed by atoms with E-state index in [1.54, 1.807) is 0 Å². The number of benzene rings is 1. The Hall–Kier alpha value is -2.00. The second kappa shape index (κ2) is 7.71. The Bertz CT molecular complexity index is 764. The first-order chi connectivity index (χ1) is 11.7. The Labute approximate surface area is 146 Å². The van der Waals surface area contributed by atoms with Crippen LogP contribution in [0.15, 0.2) is 29.4 Å². The van der Waals surface area contributed by atoms with Crippen LogP contribution in [0.2, 0.25) is 0 Å². The first kappa shape index (κ1) is 16.8. The number of carbonyl (C=O) groups excluding carboxylic acids is 1. The molecular formula is C18H22N4OS. The lowest BCUT2D eigenvalue weighted by molar-refractivity contribution is -0.130. The summed E-state index contributed by atoms with van der Waals surface area (Å²) in [7, 11) is 0. The fourth-order valence-electron chi connectivity index (χ4n) is 3.17. The zero-order valence-electron chi connectivity index (χ0n) is 13.9. The molecule has 1 aromatic heterocycles. The molecular weight excluding hydrogens is 320 g/mol. The van der Waals surface area contributed by atoms with E-state index in [1.165, 1.54) is 18.2 Å². The van der Waals surface area contributed by atoms with Gasteiger partial charge < -0.3 is 9.47 Å². The van der Waals surface area contributed by atoms with E-state index in [0.29, 0.717) is 24.6 Å². The van der Waals surface area contributed by atoms with Crippen LogP contribution >= 0.6 is 11.8 Å². The SMILES string of the molecule is CC1CCCN(C(=O)CSc2nc3ccccc3n2CCC#N)C1. The maximum Gasteiger partial charge on any atom is 0.233 e. The fourth-order valence-corrected chi connectivity index (χ4v) is 4.12. The number of para-hydroxylation sites is 2. The molecule has 0 N–H and O–H groups in total. The Balaban J connectivity index is 1.72. The van der Waals surface area contributed by atoms with Gasteiger partial charge in [0, 0.05) is 19.6 Å². The van der Waals surface area contributed by atoms with Gasteiger partial charge in [-0.05, 0) is 30.9 Å².